The molecule has 2 heterocycles. The average Bonchev–Trinajstić information content (AvgIpc) is 2.62. The molecule has 0 unspecified atom stereocenters. The Morgan fingerprint density at radius 1 is 1.04 bits per heavy atom. The van der Waals surface area contributed by atoms with E-state index < -0.39 is 0 Å². The molecule has 0 aliphatic carbocycles. The van der Waals surface area contributed by atoms with Crippen LogP contribution in [0, 0.1) is 17.1 Å². The summed E-state index contributed by atoms with van der Waals surface area (Å²) in [6.07, 6.45) is 3.28. The molecule has 4 nitrogen and oxygen atoms in total. The first-order valence-corrected chi connectivity index (χ1v) is 7.02. The number of rotatable bonds is 3. The fourth-order valence-corrected chi connectivity index (χ4v) is 2.31. The van der Waals surface area contributed by atoms with Crippen LogP contribution in [0.25, 0.3) is 22.5 Å². The van der Waals surface area contributed by atoms with Gasteiger partial charge in [0.05, 0.1) is 23.0 Å². The third-order valence-electron chi connectivity index (χ3n) is 3.51. The number of nitrogens with zero attached hydrogens (tertiary/aromatic N) is 3. The highest BCUT2D eigenvalue weighted by Gasteiger charge is 2.10. The normalized spacial score (nSPS) is 10.3. The molecule has 0 spiro atoms. The van der Waals surface area contributed by atoms with Crippen LogP contribution in [0.4, 0.5) is 4.39 Å². The first kappa shape index (κ1) is 14.8. The van der Waals surface area contributed by atoms with E-state index in [0.717, 1.165) is 16.7 Å². The fraction of sp³-hybridized carbons (Fsp3) is 0.0556. The van der Waals surface area contributed by atoms with Gasteiger partial charge in [-0.25, -0.2) is 4.39 Å². The van der Waals surface area contributed by atoms with Gasteiger partial charge in [0.15, 0.2) is 0 Å². The first-order valence-electron chi connectivity index (χ1n) is 7.02. The van der Waals surface area contributed by atoms with Crippen LogP contribution in [0.2, 0.25) is 0 Å². The Morgan fingerprint density at radius 3 is 2.52 bits per heavy atom. The summed E-state index contributed by atoms with van der Waals surface area (Å²) in [6, 6.07) is 13.4. The summed E-state index contributed by atoms with van der Waals surface area (Å²) < 4.78 is 13.1. The standard InChI is InChI=1S/C18H13FN4/c19-15-3-1-13(2-4-15)17-8-16(14(10-21)11-23-17)18-7-12(9-20)5-6-22-18/h1-8,11H,10,21H2. The molecule has 0 fully saturated rings. The summed E-state index contributed by atoms with van der Waals surface area (Å²) in [4.78, 5) is 8.70. The zero-order valence-corrected chi connectivity index (χ0v) is 12.2. The van der Waals surface area contributed by atoms with Crippen LogP contribution in [0.1, 0.15) is 11.1 Å². The largest absolute Gasteiger partial charge is 0.326 e. The van der Waals surface area contributed by atoms with Gasteiger partial charge in [-0.2, -0.15) is 5.26 Å². The molecule has 0 amide bonds. The van der Waals surface area contributed by atoms with E-state index in [1.165, 1.54) is 12.1 Å². The number of aromatic nitrogens is 2. The first-order chi connectivity index (χ1) is 11.2. The molecule has 3 rings (SSSR count). The summed E-state index contributed by atoms with van der Waals surface area (Å²) >= 11 is 0. The Hall–Kier alpha value is -3.10. The van der Waals surface area contributed by atoms with Crippen LogP contribution in [0.5, 0.6) is 0 Å². The molecule has 0 aliphatic rings. The summed E-state index contributed by atoms with van der Waals surface area (Å²) in [7, 11) is 0. The zero-order chi connectivity index (χ0) is 16.2. The number of nitriles is 1. The lowest BCUT2D eigenvalue weighted by Gasteiger charge is -2.10. The number of benzene rings is 1. The van der Waals surface area contributed by atoms with Crippen molar-refractivity contribution < 1.29 is 4.39 Å². The molecule has 112 valence electrons. The molecule has 1 aromatic carbocycles. The highest BCUT2D eigenvalue weighted by atomic mass is 19.1. The van der Waals surface area contributed by atoms with Crippen LogP contribution in [0.3, 0.4) is 0 Å². The van der Waals surface area contributed by atoms with E-state index in [0.29, 0.717) is 23.5 Å². The van der Waals surface area contributed by atoms with Crippen LogP contribution >= 0.6 is 0 Å². The van der Waals surface area contributed by atoms with Crippen molar-refractivity contribution in [1.29, 1.82) is 5.26 Å². The maximum atomic E-state index is 13.1. The second kappa shape index (κ2) is 6.34. The van der Waals surface area contributed by atoms with Crippen molar-refractivity contribution >= 4 is 0 Å². The minimum absolute atomic E-state index is 0.295. The SMILES string of the molecule is N#Cc1ccnc(-c2cc(-c3ccc(F)cc3)ncc2CN)c1. The quantitative estimate of drug-likeness (QED) is 0.805. The molecular weight excluding hydrogens is 291 g/mol. The summed E-state index contributed by atoms with van der Waals surface area (Å²) in [5.41, 5.74) is 10.1. The molecule has 0 radical (unpaired) electrons. The zero-order valence-electron chi connectivity index (χ0n) is 12.2. The lowest BCUT2D eigenvalue weighted by atomic mass is 10.0. The highest BCUT2D eigenvalue weighted by molar-refractivity contribution is 5.71. The molecule has 0 aliphatic heterocycles. The maximum absolute atomic E-state index is 13.1. The van der Waals surface area contributed by atoms with Gasteiger partial charge in [0.1, 0.15) is 5.82 Å². The molecule has 0 saturated heterocycles. The smallest absolute Gasteiger partial charge is 0.123 e. The second-order valence-electron chi connectivity index (χ2n) is 4.98. The van der Waals surface area contributed by atoms with E-state index in [9.17, 15) is 4.39 Å². The molecular formula is C18H13FN4. The second-order valence-corrected chi connectivity index (χ2v) is 4.98. The van der Waals surface area contributed by atoms with Crippen LogP contribution in [-0.4, -0.2) is 9.97 Å². The third-order valence-corrected chi connectivity index (χ3v) is 3.51. The minimum atomic E-state index is -0.295. The van der Waals surface area contributed by atoms with Gasteiger partial charge >= 0.3 is 0 Å². The van der Waals surface area contributed by atoms with Crippen molar-refractivity contribution in [2.45, 2.75) is 6.54 Å². The van der Waals surface area contributed by atoms with E-state index >= 15 is 0 Å². The lowest BCUT2D eigenvalue weighted by Crippen LogP contribution is -2.02. The van der Waals surface area contributed by atoms with Crippen LogP contribution in [0.15, 0.2) is 54.9 Å². The lowest BCUT2D eigenvalue weighted by molar-refractivity contribution is 0.628. The van der Waals surface area contributed by atoms with Gasteiger partial charge in [-0.3, -0.25) is 9.97 Å². The van der Waals surface area contributed by atoms with Gasteiger partial charge in [-0.05, 0) is 48.0 Å². The van der Waals surface area contributed by atoms with E-state index in [2.05, 4.69) is 16.0 Å². The monoisotopic (exact) mass is 304 g/mol. The van der Waals surface area contributed by atoms with Gasteiger partial charge in [0.25, 0.3) is 0 Å². The molecule has 0 atom stereocenters. The number of hydrogen-bond acceptors (Lipinski definition) is 4. The minimum Gasteiger partial charge on any atom is -0.326 e. The molecule has 2 aromatic heterocycles. The van der Waals surface area contributed by atoms with Crippen LogP contribution in [-0.2, 0) is 6.54 Å². The van der Waals surface area contributed by atoms with Gasteiger partial charge < -0.3 is 5.73 Å². The van der Waals surface area contributed by atoms with Gasteiger partial charge in [0, 0.05) is 30.1 Å². The Labute approximate surface area is 133 Å². The van der Waals surface area contributed by atoms with E-state index in [1.54, 1.807) is 36.7 Å². The van der Waals surface area contributed by atoms with E-state index in [1.807, 2.05) is 6.07 Å². The van der Waals surface area contributed by atoms with E-state index in [4.69, 9.17) is 11.0 Å². The Morgan fingerprint density at radius 2 is 1.83 bits per heavy atom. The Kier molecular flexibility index (Phi) is 4.09. The molecule has 0 saturated carbocycles. The number of hydrogen-bond donors (Lipinski definition) is 1. The van der Waals surface area contributed by atoms with Gasteiger partial charge in [0.2, 0.25) is 0 Å². The van der Waals surface area contributed by atoms with Gasteiger partial charge in [-0.15, -0.1) is 0 Å². The fourth-order valence-electron chi connectivity index (χ4n) is 2.31. The van der Waals surface area contributed by atoms with Crippen molar-refractivity contribution in [2.75, 3.05) is 0 Å². The number of nitrogens with two attached hydrogens (primary N) is 1. The Balaban J connectivity index is 2.13. The van der Waals surface area contributed by atoms with Crippen molar-refractivity contribution in [2.24, 2.45) is 5.73 Å². The van der Waals surface area contributed by atoms with Crippen LogP contribution < -0.4 is 5.73 Å². The molecule has 5 heteroatoms. The predicted octanol–water partition coefficient (Wildman–Crippen LogP) is 3.28. The predicted molar refractivity (Wildman–Crippen MR) is 85.5 cm³/mol. The van der Waals surface area contributed by atoms with Crippen molar-refractivity contribution in [3.63, 3.8) is 0 Å². The highest BCUT2D eigenvalue weighted by Crippen LogP contribution is 2.27. The summed E-state index contributed by atoms with van der Waals surface area (Å²) in [5, 5.41) is 9.04. The van der Waals surface area contributed by atoms with Crippen molar-refractivity contribution in [3.8, 4) is 28.6 Å². The van der Waals surface area contributed by atoms with E-state index in [-0.39, 0.29) is 5.82 Å². The third kappa shape index (κ3) is 3.07. The number of pyridine rings is 2. The molecule has 23 heavy (non-hydrogen) atoms. The maximum Gasteiger partial charge on any atom is 0.123 e. The molecule has 3 aromatic rings. The van der Waals surface area contributed by atoms with Crippen molar-refractivity contribution in [3.05, 3.63) is 71.8 Å². The molecule has 0 bridgehead atoms. The summed E-state index contributed by atoms with van der Waals surface area (Å²) in [5.74, 6) is -0.295. The van der Waals surface area contributed by atoms with Crippen molar-refractivity contribution in [1.82, 2.24) is 9.97 Å². The Bertz CT molecular complexity index is 882. The summed E-state index contributed by atoms with van der Waals surface area (Å²) in [6.45, 7) is 0.310. The van der Waals surface area contributed by atoms with Gasteiger partial charge in [-0.1, -0.05) is 0 Å². The topological polar surface area (TPSA) is 75.6 Å². The average molecular weight is 304 g/mol. The molecule has 2 N–H and O–H groups in total. The number of halogens is 1.